The van der Waals surface area contributed by atoms with Gasteiger partial charge in [-0.25, -0.2) is 0 Å². The lowest BCUT2D eigenvalue weighted by atomic mass is 10.1. The maximum atomic E-state index is 10.3. The van der Waals surface area contributed by atoms with E-state index in [4.69, 9.17) is 0 Å². The van der Waals surface area contributed by atoms with Crippen LogP contribution < -0.4 is 5.32 Å². The molecule has 3 nitrogen and oxygen atoms in total. The van der Waals surface area contributed by atoms with E-state index in [2.05, 4.69) is 10.3 Å². The molecule has 0 fully saturated rings. The van der Waals surface area contributed by atoms with E-state index in [0.29, 0.717) is 6.41 Å². The van der Waals surface area contributed by atoms with Gasteiger partial charge in [-0.1, -0.05) is 18.2 Å². The smallest absolute Gasteiger partial charge is 0.211 e. The van der Waals surface area contributed by atoms with Crippen molar-refractivity contribution in [3.8, 4) is 11.3 Å². The van der Waals surface area contributed by atoms with Crippen LogP contribution in [0.1, 0.15) is 0 Å². The Balaban J connectivity index is 2.37. The van der Waals surface area contributed by atoms with Crippen molar-refractivity contribution in [3.05, 3.63) is 48.7 Å². The average molecular weight is 198 g/mol. The Bertz CT molecular complexity index is 454. The summed E-state index contributed by atoms with van der Waals surface area (Å²) in [7, 11) is 0. The predicted octanol–water partition coefficient (Wildman–Crippen LogP) is 2.32. The maximum Gasteiger partial charge on any atom is 0.211 e. The monoisotopic (exact) mass is 198 g/mol. The Kier molecular flexibility index (Phi) is 2.74. The van der Waals surface area contributed by atoms with E-state index in [1.807, 2.05) is 42.5 Å². The molecule has 0 atom stereocenters. The first-order valence-electron chi connectivity index (χ1n) is 4.62. The van der Waals surface area contributed by atoms with E-state index < -0.39 is 0 Å². The third-order valence-electron chi connectivity index (χ3n) is 2.05. The molecule has 1 heterocycles. The fourth-order valence-electron chi connectivity index (χ4n) is 1.37. The van der Waals surface area contributed by atoms with Crippen LogP contribution in [0.25, 0.3) is 11.3 Å². The summed E-state index contributed by atoms with van der Waals surface area (Å²) in [5, 5.41) is 2.61. The fraction of sp³-hybridized carbons (Fsp3) is 0. The second-order valence-corrected chi connectivity index (χ2v) is 3.06. The molecule has 0 radical (unpaired) electrons. The molecule has 74 valence electrons. The van der Waals surface area contributed by atoms with Gasteiger partial charge in [-0.15, -0.1) is 0 Å². The maximum absolute atomic E-state index is 10.3. The molecule has 0 bridgehead atoms. The molecule has 0 aliphatic rings. The highest BCUT2D eigenvalue weighted by Crippen LogP contribution is 2.19. The van der Waals surface area contributed by atoms with Crippen LogP contribution in [0.3, 0.4) is 0 Å². The number of aromatic nitrogens is 1. The van der Waals surface area contributed by atoms with Gasteiger partial charge in [-0.3, -0.25) is 9.78 Å². The molecule has 0 saturated carbocycles. The van der Waals surface area contributed by atoms with Crippen molar-refractivity contribution < 1.29 is 4.79 Å². The van der Waals surface area contributed by atoms with Crippen molar-refractivity contribution in [1.82, 2.24) is 4.98 Å². The SMILES string of the molecule is O=CNc1cccc(-c2ccccn2)c1. The van der Waals surface area contributed by atoms with Crippen molar-refractivity contribution in [2.45, 2.75) is 0 Å². The normalized spacial score (nSPS) is 9.60. The van der Waals surface area contributed by atoms with Crippen molar-refractivity contribution in [3.63, 3.8) is 0 Å². The molecule has 3 heteroatoms. The lowest BCUT2D eigenvalue weighted by Gasteiger charge is -2.02. The minimum Gasteiger partial charge on any atom is -0.329 e. The van der Waals surface area contributed by atoms with Crippen LogP contribution in [-0.2, 0) is 4.79 Å². The van der Waals surface area contributed by atoms with Gasteiger partial charge in [0.2, 0.25) is 6.41 Å². The third-order valence-corrected chi connectivity index (χ3v) is 2.05. The van der Waals surface area contributed by atoms with Crippen molar-refractivity contribution >= 4 is 12.1 Å². The number of hydrogen-bond donors (Lipinski definition) is 1. The summed E-state index contributed by atoms with van der Waals surface area (Å²) in [6.45, 7) is 0. The van der Waals surface area contributed by atoms with E-state index in [0.717, 1.165) is 16.9 Å². The summed E-state index contributed by atoms with van der Waals surface area (Å²) in [4.78, 5) is 14.5. The van der Waals surface area contributed by atoms with Gasteiger partial charge in [0.1, 0.15) is 0 Å². The molecule has 0 saturated heterocycles. The van der Waals surface area contributed by atoms with Gasteiger partial charge >= 0.3 is 0 Å². The minimum atomic E-state index is 0.664. The molecule has 1 N–H and O–H groups in total. The van der Waals surface area contributed by atoms with E-state index in [9.17, 15) is 4.79 Å². The zero-order chi connectivity index (χ0) is 10.5. The quantitative estimate of drug-likeness (QED) is 0.769. The molecule has 0 aliphatic carbocycles. The van der Waals surface area contributed by atoms with Crippen molar-refractivity contribution in [2.75, 3.05) is 5.32 Å². The lowest BCUT2D eigenvalue weighted by Crippen LogP contribution is -1.93. The number of benzene rings is 1. The van der Waals surface area contributed by atoms with Crippen molar-refractivity contribution in [1.29, 1.82) is 0 Å². The van der Waals surface area contributed by atoms with Gasteiger partial charge < -0.3 is 5.32 Å². The molecule has 0 spiro atoms. The topological polar surface area (TPSA) is 42.0 Å². The average Bonchev–Trinajstić information content (AvgIpc) is 2.31. The Hall–Kier alpha value is -2.16. The number of carbonyl (C=O) groups is 1. The number of pyridine rings is 1. The molecule has 1 aromatic carbocycles. The van der Waals surface area contributed by atoms with Gasteiger partial charge in [-0.2, -0.15) is 0 Å². The first-order chi connectivity index (χ1) is 7.40. The van der Waals surface area contributed by atoms with E-state index in [-0.39, 0.29) is 0 Å². The Labute approximate surface area is 87.8 Å². The van der Waals surface area contributed by atoms with Gasteiger partial charge in [-0.05, 0) is 24.3 Å². The van der Waals surface area contributed by atoms with E-state index >= 15 is 0 Å². The lowest BCUT2D eigenvalue weighted by molar-refractivity contribution is -0.105. The number of nitrogens with zero attached hydrogens (tertiary/aromatic N) is 1. The predicted molar refractivity (Wildman–Crippen MR) is 59.4 cm³/mol. The fourth-order valence-corrected chi connectivity index (χ4v) is 1.37. The standard InChI is InChI=1S/C12H10N2O/c15-9-14-11-5-3-4-10(8-11)12-6-1-2-7-13-12/h1-9H,(H,14,15). The van der Waals surface area contributed by atoms with Crippen LogP contribution >= 0.6 is 0 Å². The third kappa shape index (κ3) is 2.20. The molecule has 2 aromatic rings. The van der Waals surface area contributed by atoms with Crippen LogP contribution in [0, 0.1) is 0 Å². The van der Waals surface area contributed by atoms with Gasteiger partial charge in [0.15, 0.2) is 0 Å². The van der Waals surface area contributed by atoms with Crippen LogP contribution in [0.15, 0.2) is 48.7 Å². The molecule has 0 unspecified atom stereocenters. The number of nitrogens with one attached hydrogen (secondary N) is 1. The van der Waals surface area contributed by atoms with Crippen LogP contribution in [-0.4, -0.2) is 11.4 Å². The number of hydrogen-bond acceptors (Lipinski definition) is 2. The Morgan fingerprint density at radius 1 is 1.13 bits per heavy atom. The summed E-state index contributed by atoms with van der Waals surface area (Å²) in [5.41, 5.74) is 2.66. The van der Waals surface area contributed by atoms with Crippen LogP contribution in [0.2, 0.25) is 0 Å². The zero-order valence-electron chi connectivity index (χ0n) is 8.05. The first-order valence-corrected chi connectivity index (χ1v) is 4.62. The largest absolute Gasteiger partial charge is 0.329 e. The van der Waals surface area contributed by atoms with Gasteiger partial charge in [0.05, 0.1) is 5.69 Å². The van der Waals surface area contributed by atoms with Crippen LogP contribution in [0.4, 0.5) is 5.69 Å². The molecule has 0 aliphatic heterocycles. The number of amides is 1. The molecular formula is C12H10N2O. The van der Waals surface area contributed by atoms with Crippen LogP contribution in [0.5, 0.6) is 0 Å². The number of rotatable bonds is 3. The molecular weight excluding hydrogens is 188 g/mol. The summed E-state index contributed by atoms with van der Waals surface area (Å²) in [6, 6.07) is 13.3. The molecule has 1 amide bonds. The summed E-state index contributed by atoms with van der Waals surface area (Å²) in [5.74, 6) is 0. The summed E-state index contributed by atoms with van der Waals surface area (Å²) >= 11 is 0. The Morgan fingerprint density at radius 3 is 2.80 bits per heavy atom. The summed E-state index contributed by atoms with van der Waals surface area (Å²) < 4.78 is 0. The highest BCUT2D eigenvalue weighted by molar-refractivity contribution is 5.74. The second kappa shape index (κ2) is 4.37. The Morgan fingerprint density at radius 2 is 2.07 bits per heavy atom. The van der Waals surface area contributed by atoms with Gasteiger partial charge in [0, 0.05) is 17.4 Å². The number of carbonyl (C=O) groups excluding carboxylic acids is 1. The minimum absolute atomic E-state index is 0.664. The molecule has 15 heavy (non-hydrogen) atoms. The molecule has 2 rings (SSSR count). The first kappa shape index (κ1) is 9.40. The van der Waals surface area contributed by atoms with Crippen molar-refractivity contribution in [2.24, 2.45) is 0 Å². The highest BCUT2D eigenvalue weighted by Gasteiger charge is 1.98. The number of anilines is 1. The summed E-state index contributed by atoms with van der Waals surface area (Å²) in [6.07, 6.45) is 2.41. The van der Waals surface area contributed by atoms with Gasteiger partial charge in [0.25, 0.3) is 0 Å². The van der Waals surface area contributed by atoms with E-state index in [1.54, 1.807) is 6.20 Å². The second-order valence-electron chi connectivity index (χ2n) is 3.06. The van der Waals surface area contributed by atoms with E-state index in [1.165, 1.54) is 0 Å². The zero-order valence-corrected chi connectivity index (χ0v) is 8.05. The molecule has 1 aromatic heterocycles. The highest BCUT2D eigenvalue weighted by atomic mass is 16.1.